The lowest BCUT2D eigenvalue weighted by Gasteiger charge is -2.39. The molecule has 2 aromatic carbocycles. The van der Waals surface area contributed by atoms with Crippen LogP contribution in [0.4, 0.5) is 4.79 Å². The van der Waals surface area contributed by atoms with E-state index in [0.717, 1.165) is 40.8 Å². The quantitative estimate of drug-likeness (QED) is 0.826. The molecule has 0 heterocycles. The Kier molecular flexibility index (Phi) is 4.65. The predicted molar refractivity (Wildman–Crippen MR) is 99.0 cm³/mol. The largest absolute Gasteiger partial charge is 0.497 e. The van der Waals surface area contributed by atoms with Crippen LogP contribution >= 0.6 is 11.6 Å². The van der Waals surface area contributed by atoms with Gasteiger partial charge in [-0.25, -0.2) is 4.79 Å². The van der Waals surface area contributed by atoms with E-state index in [1.54, 1.807) is 7.11 Å². The van der Waals surface area contributed by atoms with Crippen LogP contribution in [0.15, 0.2) is 36.4 Å². The summed E-state index contributed by atoms with van der Waals surface area (Å²) in [5, 5.41) is 0.668. The van der Waals surface area contributed by atoms with Crippen LogP contribution in [0.5, 0.6) is 5.75 Å². The first-order valence-corrected chi connectivity index (χ1v) is 8.62. The van der Waals surface area contributed by atoms with Crippen molar-refractivity contribution < 1.29 is 14.3 Å². The minimum absolute atomic E-state index is 0.156. The van der Waals surface area contributed by atoms with Crippen molar-refractivity contribution in [2.24, 2.45) is 11.1 Å². The predicted octanol–water partition coefficient (Wildman–Crippen LogP) is 5.12. The van der Waals surface area contributed by atoms with Gasteiger partial charge in [-0.15, -0.1) is 0 Å². The van der Waals surface area contributed by atoms with Crippen molar-refractivity contribution in [1.82, 2.24) is 0 Å². The number of halogens is 1. The first kappa shape index (κ1) is 17.6. The number of primary amides is 1. The number of ether oxygens (including phenoxy) is 2. The molecule has 132 valence electrons. The monoisotopic (exact) mass is 359 g/mol. The van der Waals surface area contributed by atoms with Crippen LogP contribution in [0, 0.1) is 5.41 Å². The number of hydrogen-bond acceptors (Lipinski definition) is 3. The summed E-state index contributed by atoms with van der Waals surface area (Å²) >= 11 is 6.37. The lowest BCUT2D eigenvalue weighted by molar-refractivity contribution is 0.0147. The van der Waals surface area contributed by atoms with Crippen molar-refractivity contribution in [3.8, 4) is 16.9 Å². The van der Waals surface area contributed by atoms with Gasteiger partial charge in [-0.05, 0) is 47.7 Å². The smallest absolute Gasteiger partial charge is 0.405 e. The van der Waals surface area contributed by atoms with E-state index < -0.39 is 6.09 Å². The number of fused-ring (bicyclic) bond motifs is 1. The van der Waals surface area contributed by atoms with Crippen molar-refractivity contribution in [3.05, 3.63) is 52.5 Å². The minimum atomic E-state index is -0.745. The van der Waals surface area contributed by atoms with Gasteiger partial charge in [0.15, 0.2) is 0 Å². The zero-order chi connectivity index (χ0) is 18.2. The summed E-state index contributed by atoms with van der Waals surface area (Å²) in [5.74, 6) is 0.758. The van der Waals surface area contributed by atoms with E-state index in [9.17, 15) is 4.79 Å². The third-order valence-corrected chi connectivity index (χ3v) is 5.22. The normalized spacial score (nSPS) is 18.3. The van der Waals surface area contributed by atoms with Gasteiger partial charge in [0.1, 0.15) is 11.9 Å². The van der Waals surface area contributed by atoms with Gasteiger partial charge in [0.2, 0.25) is 0 Å². The Morgan fingerprint density at radius 3 is 2.68 bits per heavy atom. The van der Waals surface area contributed by atoms with Gasteiger partial charge in [0, 0.05) is 16.0 Å². The molecular weight excluding hydrogens is 338 g/mol. The molecule has 2 N–H and O–H groups in total. The molecule has 0 aromatic heterocycles. The molecule has 1 unspecified atom stereocenters. The lowest BCUT2D eigenvalue weighted by Crippen LogP contribution is -2.33. The van der Waals surface area contributed by atoms with Crippen LogP contribution in [0.2, 0.25) is 5.02 Å². The zero-order valence-corrected chi connectivity index (χ0v) is 15.4. The van der Waals surface area contributed by atoms with Crippen LogP contribution in [-0.4, -0.2) is 13.2 Å². The molecule has 0 bridgehead atoms. The number of methoxy groups -OCH3 is 1. The minimum Gasteiger partial charge on any atom is -0.497 e. The van der Waals surface area contributed by atoms with Crippen LogP contribution in [-0.2, 0) is 11.2 Å². The Bertz CT molecular complexity index is 817. The third-order valence-electron chi connectivity index (χ3n) is 4.89. The van der Waals surface area contributed by atoms with Crippen molar-refractivity contribution in [3.63, 3.8) is 0 Å². The number of rotatable bonds is 3. The zero-order valence-electron chi connectivity index (χ0n) is 14.6. The number of carbonyl (C=O) groups is 1. The summed E-state index contributed by atoms with van der Waals surface area (Å²) in [7, 11) is 1.63. The second kappa shape index (κ2) is 6.60. The first-order valence-electron chi connectivity index (χ1n) is 8.24. The van der Waals surface area contributed by atoms with Gasteiger partial charge in [-0.1, -0.05) is 43.6 Å². The van der Waals surface area contributed by atoms with Crippen LogP contribution in [0.1, 0.15) is 37.5 Å². The highest BCUT2D eigenvalue weighted by molar-refractivity contribution is 6.33. The first-order chi connectivity index (χ1) is 11.8. The van der Waals surface area contributed by atoms with Gasteiger partial charge in [-0.2, -0.15) is 0 Å². The van der Waals surface area contributed by atoms with E-state index >= 15 is 0 Å². The number of carbonyl (C=O) groups excluding carboxylic acids is 1. The molecule has 0 spiro atoms. The molecule has 3 rings (SSSR count). The Balaban J connectivity index is 2.05. The van der Waals surface area contributed by atoms with Crippen LogP contribution in [0.25, 0.3) is 11.1 Å². The number of nitrogens with two attached hydrogens (primary N) is 1. The second-order valence-corrected chi connectivity index (χ2v) is 7.47. The fourth-order valence-electron chi connectivity index (χ4n) is 3.45. The average molecular weight is 360 g/mol. The maximum atomic E-state index is 11.3. The third kappa shape index (κ3) is 3.45. The van der Waals surface area contributed by atoms with Crippen molar-refractivity contribution in [1.29, 1.82) is 0 Å². The van der Waals surface area contributed by atoms with Crippen LogP contribution in [0.3, 0.4) is 0 Å². The molecule has 4 nitrogen and oxygen atoms in total. The van der Waals surface area contributed by atoms with E-state index in [-0.39, 0.29) is 11.5 Å². The summed E-state index contributed by atoms with van der Waals surface area (Å²) in [5.41, 5.74) is 9.22. The molecule has 1 atom stereocenters. The molecule has 1 aliphatic rings. The van der Waals surface area contributed by atoms with E-state index in [2.05, 4.69) is 19.9 Å². The van der Waals surface area contributed by atoms with Crippen molar-refractivity contribution in [2.45, 2.75) is 32.8 Å². The average Bonchev–Trinajstić information content (AvgIpc) is 2.57. The molecule has 5 heteroatoms. The van der Waals surface area contributed by atoms with E-state index in [1.807, 2.05) is 30.3 Å². The molecule has 1 amide bonds. The van der Waals surface area contributed by atoms with E-state index in [0.29, 0.717) is 5.02 Å². The van der Waals surface area contributed by atoms with Gasteiger partial charge in [0.05, 0.1) is 7.11 Å². The topological polar surface area (TPSA) is 61.6 Å². The van der Waals surface area contributed by atoms with Crippen molar-refractivity contribution in [2.75, 3.05) is 7.11 Å². The number of hydrogen-bond donors (Lipinski definition) is 1. The lowest BCUT2D eigenvalue weighted by atomic mass is 9.71. The number of benzene rings is 2. The Morgan fingerprint density at radius 1 is 1.24 bits per heavy atom. The van der Waals surface area contributed by atoms with Gasteiger partial charge < -0.3 is 15.2 Å². The summed E-state index contributed by atoms with van der Waals surface area (Å²) in [4.78, 5) is 11.3. The molecule has 0 fully saturated rings. The highest BCUT2D eigenvalue weighted by Gasteiger charge is 2.38. The molecule has 0 aliphatic heterocycles. The Labute approximate surface area is 152 Å². The molecule has 0 saturated heterocycles. The maximum Gasteiger partial charge on any atom is 0.405 e. The Morgan fingerprint density at radius 2 is 2.00 bits per heavy atom. The van der Waals surface area contributed by atoms with Gasteiger partial charge in [-0.3, -0.25) is 0 Å². The van der Waals surface area contributed by atoms with Crippen LogP contribution < -0.4 is 10.5 Å². The number of aryl methyl sites for hydroxylation is 1. The standard InChI is InChI=1S/C20H22ClNO3/c1-20(2)9-8-13-10-12(4-6-15(13)18(20)25-19(22)23)16-11-14(24-3)5-7-17(16)21/h4-7,10-11,18H,8-9H2,1-3H3,(H2,22,23). The maximum absolute atomic E-state index is 11.3. The van der Waals surface area contributed by atoms with Gasteiger partial charge >= 0.3 is 6.09 Å². The fraction of sp³-hybridized carbons (Fsp3) is 0.350. The van der Waals surface area contributed by atoms with E-state index in [1.165, 1.54) is 0 Å². The fourth-order valence-corrected chi connectivity index (χ4v) is 3.67. The molecule has 1 aliphatic carbocycles. The van der Waals surface area contributed by atoms with E-state index in [4.69, 9.17) is 26.8 Å². The van der Waals surface area contributed by atoms with Gasteiger partial charge in [0.25, 0.3) is 0 Å². The summed E-state index contributed by atoms with van der Waals surface area (Å²) < 4.78 is 10.7. The SMILES string of the molecule is COc1ccc(Cl)c(-c2ccc3c(c2)CCC(C)(C)C3OC(N)=O)c1. The molecule has 25 heavy (non-hydrogen) atoms. The molecule has 0 radical (unpaired) electrons. The molecular formula is C20H22ClNO3. The highest BCUT2D eigenvalue weighted by atomic mass is 35.5. The summed E-state index contributed by atoms with van der Waals surface area (Å²) in [6.45, 7) is 4.19. The summed E-state index contributed by atoms with van der Waals surface area (Å²) in [6, 6.07) is 11.7. The Hall–Kier alpha value is -2.20. The molecule has 0 saturated carbocycles. The summed E-state index contributed by atoms with van der Waals surface area (Å²) in [6.07, 6.45) is 0.735. The highest BCUT2D eigenvalue weighted by Crippen LogP contribution is 2.47. The molecule has 2 aromatic rings. The van der Waals surface area contributed by atoms with Crippen molar-refractivity contribution >= 4 is 17.7 Å². The second-order valence-electron chi connectivity index (χ2n) is 7.06. The number of amides is 1.